The molecular formula is C14H17ClN2O4. The van der Waals surface area contributed by atoms with E-state index in [1.165, 1.54) is 0 Å². The van der Waals surface area contributed by atoms with Gasteiger partial charge < -0.3 is 15.2 Å². The first-order chi connectivity index (χ1) is 10.1. The first-order valence-electron chi connectivity index (χ1n) is 6.67. The van der Waals surface area contributed by atoms with Gasteiger partial charge in [-0.3, -0.25) is 9.69 Å². The van der Waals surface area contributed by atoms with Gasteiger partial charge in [0.25, 0.3) is 0 Å². The van der Waals surface area contributed by atoms with Crippen molar-refractivity contribution in [2.24, 2.45) is 0 Å². The van der Waals surface area contributed by atoms with Crippen LogP contribution in [0.1, 0.15) is 6.42 Å². The number of anilines is 1. The molecule has 0 spiro atoms. The highest BCUT2D eigenvalue weighted by Crippen LogP contribution is 2.20. The van der Waals surface area contributed by atoms with Crippen LogP contribution in [0, 0.1) is 0 Å². The Morgan fingerprint density at radius 2 is 2.19 bits per heavy atom. The second kappa shape index (κ2) is 7.40. The van der Waals surface area contributed by atoms with Crippen molar-refractivity contribution in [3.63, 3.8) is 0 Å². The highest BCUT2D eigenvalue weighted by Gasteiger charge is 2.26. The van der Waals surface area contributed by atoms with Gasteiger partial charge in [-0.15, -0.1) is 0 Å². The average Bonchev–Trinajstić information content (AvgIpc) is 2.48. The van der Waals surface area contributed by atoms with Crippen LogP contribution in [0.4, 0.5) is 5.69 Å². The van der Waals surface area contributed by atoms with Crippen molar-refractivity contribution in [2.45, 2.75) is 12.5 Å². The van der Waals surface area contributed by atoms with E-state index in [1.54, 1.807) is 24.3 Å². The molecule has 1 aromatic rings. The largest absolute Gasteiger partial charge is 0.479 e. The minimum absolute atomic E-state index is 0.151. The van der Waals surface area contributed by atoms with Gasteiger partial charge in [0.15, 0.2) is 6.10 Å². The maximum absolute atomic E-state index is 11.9. The summed E-state index contributed by atoms with van der Waals surface area (Å²) in [5, 5.41) is 12.1. The number of amides is 1. The van der Waals surface area contributed by atoms with E-state index in [9.17, 15) is 9.59 Å². The number of halogens is 1. The van der Waals surface area contributed by atoms with Crippen LogP contribution in [0.25, 0.3) is 0 Å². The number of benzene rings is 1. The van der Waals surface area contributed by atoms with Gasteiger partial charge in [0.1, 0.15) is 0 Å². The zero-order chi connectivity index (χ0) is 15.2. The molecule has 1 amide bonds. The van der Waals surface area contributed by atoms with Crippen LogP contribution in [0.15, 0.2) is 24.3 Å². The third-order valence-corrected chi connectivity index (χ3v) is 3.56. The number of carbonyl (C=O) groups is 2. The number of morpholine rings is 1. The van der Waals surface area contributed by atoms with Crippen LogP contribution < -0.4 is 5.32 Å². The number of nitrogens with one attached hydrogen (secondary N) is 1. The van der Waals surface area contributed by atoms with Crippen LogP contribution >= 0.6 is 11.6 Å². The Morgan fingerprint density at radius 3 is 2.90 bits per heavy atom. The molecule has 21 heavy (non-hydrogen) atoms. The van der Waals surface area contributed by atoms with Crippen LogP contribution in [-0.2, 0) is 14.3 Å². The fraction of sp³-hybridized carbons (Fsp3) is 0.429. The lowest BCUT2D eigenvalue weighted by molar-refractivity contribution is -0.156. The summed E-state index contributed by atoms with van der Waals surface area (Å²) < 4.78 is 5.13. The van der Waals surface area contributed by atoms with Crippen LogP contribution in [0.5, 0.6) is 0 Å². The minimum atomic E-state index is -0.972. The van der Waals surface area contributed by atoms with Gasteiger partial charge >= 0.3 is 5.97 Å². The fourth-order valence-corrected chi connectivity index (χ4v) is 2.27. The van der Waals surface area contributed by atoms with E-state index < -0.39 is 12.1 Å². The molecule has 1 fully saturated rings. The molecule has 1 atom stereocenters. The summed E-state index contributed by atoms with van der Waals surface area (Å²) in [7, 11) is 0. The van der Waals surface area contributed by atoms with Crippen molar-refractivity contribution in [3.8, 4) is 0 Å². The maximum atomic E-state index is 11.9. The van der Waals surface area contributed by atoms with E-state index >= 15 is 0 Å². The lowest BCUT2D eigenvalue weighted by Crippen LogP contribution is -2.46. The van der Waals surface area contributed by atoms with Crippen molar-refractivity contribution in [2.75, 3.05) is 31.6 Å². The summed E-state index contributed by atoms with van der Waals surface area (Å²) in [4.78, 5) is 24.7. The predicted octanol–water partition coefficient (Wildman–Crippen LogP) is 1.45. The number of aliphatic carboxylic acids is 1. The molecule has 0 radical (unpaired) electrons. The number of rotatable bonds is 5. The number of para-hydroxylation sites is 1. The monoisotopic (exact) mass is 312 g/mol. The Balaban J connectivity index is 1.79. The number of hydrogen-bond donors (Lipinski definition) is 2. The molecule has 1 aliphatic heterocycles. The van der Waals surface area contributed by atoms with Gasteiger partial charge in [-0.2, -0.15) is 0 Å². The van der Waals surface area contributed by atoms with Gasteiger partial charge in [0, 0.05) is 26.1 Å². The smallest absolute Gasteiger partial charge is 0.334 e. The van der Waals surface area contributed by atoms with Gasteiger partial charge in [0.05, 0.1) is 17.3 Å². The average molecular weight is 313 g/mol. The van der Waals surface area contributed by atoms with Crippen LogP contribution in [0.2, 0.25) is 5.02 Å². The zero-order valence-corrected chi connectivity index (χ0v) is 12.2. The van der Waals surface area contributed by atoms with Crippen LogP contribution in [-0.4, -0.2) is 54.2 Å². The number of carboxylic acid groups (broad SMARTS) is 1. The minimum Gasteiger partial charge on any atom is -0.479 e. The molecule has 1 unspecified atom stereocenters. The molecule has 2 rings (SSSR count). The summed E-state index contributed by atoms with van der Waals surface area (Å²) in [5.41, 5.74) is 0.578. The lowest BCUT2D eigenvalue weighted by atomic mass is 10.2. The first-order valence-corrected chi connectivity index (χ1v) is 7.05. The second-order valence-corrected chi connectivity index (χ2v) is 5.18. The molecule has 1 aliphatic rings. The molecule has 1 saturated heterocycles. The predicted molar refractivity (Wildman–Crippen MR) is 78.5 cm³/mol. The normalized spacial score (nSPS) is 19.2. The van der Waals surface area contributed by atoms with E-state index in [2.05, 4.69) is 5.32 Å². The molecule has 1 heterocycles. The third kappa shape index (κ3) is 4.70. The summed E-state index contributed by atoms with van der Waals surface area (Å²) >= 11 is 5.96. The quantitative estimate of drug-likeness (QED) is 0.860. The SMILES string of the molecule is O=C(CCN1CCOC(C(=O)O)C1)Nc1ccccc1Cl. The summed E-state index contributed by atoms with van der Waals surface area (Å²) in [6.07, 6.45) is -0.539. The molecule has 6 nitrogen and oxygen atoms in total. The highest BCUT2D eigenvalue weighted by molar-refractivity contribution is 6.33. The third-order valence-electron chi connectivity index (χ3n) is 3.23. The van der Waals surface area contributed by atoms with Gasteiger partial charge in [-0.05, 0) is 12.1 Å². The van der Waals surface area contributed by atoms with E-state index in [4.69, 9.17) is 21.4 Å². The molecule has 0 aromatic heterocycles. The van der Waals surface area contributed by atoms with E-state index in [1.807, 2.05) is 4.90 Å². The lowest BCUT2D eigenvalue weighted by Gasteiger charge is -2.30. The molecule has 0 aliphatic carbocycles. The van der Waals surface area contributed by atoms with E-state index in [0.717, 1.165) is 0 Å². The number of hydrogen-bond acceptors (Lipinski definition) is 4. The number of ether oxygens (including phenoxy) is 1. The van der Waals surface area contributed by atoms with Crippen molar-refractivity contribution < 1.29 is 19.4 Å². The molecule has 114 valence electrons. The first kappa shape index (κ1) is 15.8. The molecular weight excluding hydrogens is 296 g/mol. The van der Waals surface area contributed by atoms with E-state index in [-0.39, 0.29) is 12.3 Å². The van der Waals surface area contributed by atoms with Crippen molar-refractivity contribution >= 4 is 29.2 Å². The Bertz CT molecular complexity index is 523. The molecule has 7 heteroatoms. The standard InChI is InChI=1S/C14H17ClN2O4/c15-10-3-1-2-4-11(10)16-13(18)5-6-17-7-8-21-12(9-17)14(19)20/h1-4,12H,5-9H2,(H,16,18)(H,19,20). The van der Waals surface area contributed by atoms with Gasteiger partial charge in [-0.1, -0.05) is 23.7 Å². The number of carboxylic acids is 1. The Morgan fingerprint density at radius 1 is 1.43 bits per heavy atom. The Labute approximate surface area is 127 Å². The molecule has 0 saturated carbocycles. The molecule has 1 aromatic carbocycles. The molecule has 0 bridgehead atoms. The summed E-state index contributed by atoms with van der Waals surface area (Å²) in [6, 6.07) is 7.02. The Kier molecular flexibility index (Phi) is 5.55. The topological polar surface area (TPSA) is 78.9 Å². The van der Waals surface area contributed by atoms with Gasteiger partial charge in [-0.25, -0.2) is 4.79 Å². The zero-order valence-electron chi connectivity index (χ0n) is 11.4. The Hall–Kier alpha value is -1.63. The van der Waals surface area contributed by atoms with Gasteiger partial charge in [0.2, 0.25) is 5.91 Å². The van der Waals surface area contributed by atoms with Crippen molar-refractivity contribution in [1.29, 1.82) is 0 Å². The number of nitrogens with zero attached hydrogens (tertiary/aromatic N) is 1. The van der Waals surface area contributed by atoms with Crippen molar-refractivity contribution in [1.82, 2.24) is 4.90 Å². The number of carbonyl (C=O) groups excluding carboxylic acids is 1. The summed E-state index contributed by atoms with van der Waals surface area (Å²) in [5.74, 6) is -1.12. The fourth-order valence-electron chi connectivity index (χ4n) is 2.09. The van der Waals surface area contributed by atoms with Crippen LogP contribution in [0.3, 0.4) is 0 Å². The van der Waals surface area contributed by atoms with E-state index in [0.29, 0.717) is 37.0 Å². The molecule has 2 N–H and O–H groups in total. The maximum Gasteiger partial charge on any atom is 0.334 e. The van der Waals surface area contributed by atoms with Crippen molar-refractivity contribution in [3.05, 3.63) is 29.3 Å². The second-order valence-electron chi connectivity index (χ2n) is 4.78. The highest BCUT2D eigenvalue weighted by atomic mass is 35.5. The summed E-state index contributed by atoms with van der Waals surface area (Å²) in [6.45, 7) is 1.78.